The van der Waals surface area contributed by atoms with E-state index in [9.17, 15) is 9.59 Å². The van der Waals surface area contributed by atoms with Crippen LogP contribution in [0.25, 0.3) is 10.9 Å². The quantitative estimate of drug-likeness (QED) is 0.762. The highest BCUT2D eigenvalue weighted by Gasteiger charge is 2.36. The van der Waals surface area contributed by atoms with Crippen LogP contribution in [0.3, 0.4) is 0 Å². The summed E-state index contributed by atoms with van der Waals surface area (Å²) in [6.07, 6.45) is 1.70. The number of likely N-dealkylation sites (N-methyl/N-ethyl adjacent to an activating group) is 1. The van der Waals surface area contributed by atoms with Gasteiger partial charge in [0.15, 0.2) is 0 Å². The van der Waals surface area contributed by atoms with Crippen LogP contribution < -0.4 is 0 Å². The zero-order chi connectivity index (χ0) is 18.1. The molecule has 0 aliphatic carbocycles. The van der Waals surface area contributed by atoms with Gasteiger partial charge in [-0.25, -0.2) is 9.59 Å². The maximum Gasteiger partial charge on any atom is 0.349 e. The Morgan fingerprint density at radius 3 is 2.72 bits per heavy atom. The fraction of sp³-hybridized carbons (Fsp3) is 0.412. The fourth-order valence-corrected chi connectivity index (χ4v) is 3.19. The average molecular weight is 365 g/mol. The van der Waals surface area contributed by atoms with Gasteiger partial charge in [0.25, 0.3) is 0 Å². The molecule has 1 aromatic carbocycles. The van der Waals surface area contributed by atoms with Gasteiger partial charge < -0.3 is 14.6 Å². The van der Waals surface area contributed by atoms with E-state index in [4.69, 9.17) is 16.4 Å². The highest BCUT2D eigenvalue weighted by molar-refractivity contribution is 6.31. The first-order valence-electron chi connectivity index (χ1n) is 8.02. The number of carbonyl (C=O) groups is 2. The van der Waals surface area contributed by atoms with E-state index in [0.717, 1.165) is 10.9 Å². The minimum Gasteiger partial charge on any atom is -0.367 e. The molecule has 7 nitrogen and oxygen atoms in total. The summed E-state index contributed by atoms with van der Waals surface area (Å²) >= 11 is 6.01. The van der Waals surface area contributed by atoms with Gasteiger partial charge in [-0.3, -0.25) is 4.57 Å². The van der Waals surface area contributed by atoms with E-state index in [2.05, 4.69) is 0 Å². The second-order valence-corrected chi connectivity index (χ2v) is 6.80. The van der Waals surface area contributed by atoms with E-state index in [1.807, 2.05) is 24.1 Å². The van der Waals surface area contributed by atoms with Crippen molar-refractivity contribution in [2.45, 2.75) is 6.04 Å². The Hall–Kier alpha value is -2.09. The predicted octanol–water partition coefficient (Wildman–Crippen LogP) is 1.90. The Morgan fingerprint density at radius 1 is 1.24 bits per heavy atom. The fourth-order valence-electron chi connectivity index (χ4n) is 3.01. The number of halogens is 1. The van der Waals surface area contributed by atoms with Gasteiger partial charge >= 0.3 is 12.0 Å². The summed E-state index contributed by atoms with van der Waals surface area (Å²) in [7, 11) is 5.20. The third-order valence-electron chi connectivity index (χ3n) is 4.23. The SMILES string of the molecule is CN1CCN(C(=O)n2ccc3cc(Cl)ccc32)C(C(=O)ON(C)C)C1. The Morgan fingerprint density at radius 2 is 2.00 bits per heavy atom. The number of nitrogens with zero attached hydrogens (tertiary/aromatic N) is 4. The van der Waals surface area contributed by atoms with Crippen LogP contribution >= 0.6 is 11.6 Å². The van der Waals surface area contributed by atoms with E-state index in [1.165, 1.54) is 5.06 Å². The topological polar surface area (TPSA) is 58.0 Å². The number of benzene rings is 1. The number of hydrogen-bond donors (Lipinski definition) is 0. The number of piperazine rings is 1. The molecule has 2 heterocycles. The predicted molar refractivity (Wildman–Crippen MR) is 95.5 cm³/mol. The Bertz CT molecular complexity index is 804. The van der Waals surface area contributed by atoms with Crippen molar-refractivity contribution in [3.63, 3.8) is 0 Å². The molecule has 1 fully saturated rings. The van der Waals surface area contributed by atoms with Crippen molar-refractivity contribution in [1.29, 1.82) is 0 Å². The molecule has 0 saturated carbocycles. The van der Waals surface area contributed by atoms with Gasteiger partial charge in [-0.15, -0.1) is 5.06 Å². The highest BCUT2D eigenvalue weighted by atomic mass is 35.5. The molecule has 1 saturated heterocycles. The summed E-state index contributed by atoms with van der Waals surface area (Å²) in [6.45, 7) is 1.59. The van der Waals surface area contributed by atoms with Crippen molar-refractivity contribution in [2.24, 2.45) is 0 Å². The van der Waals surface area contributed by atoms with Gasteiger partial charge in [0.2, 0.25) is 0 Å². The number of aromatic nitrogens is 1. The van der Waals surface area contributed by atoms with Crippen LogP contribution in [0, 0.1) is 0 Å². The zero-order valence-corrected chi connectivity index (χ0v) is 15.2. The Labute approximate surface area is 151 Å². The van der Waals surface area contributed by atoms with Crippen LogP contribution in [-0.4, -0.2) is 78.2 Å². The average Bonchev–Trinajstić information content (AvgIpc) is 2.96. The minimum absolute atomic E-state index is 0.244. The lowest BCUT2D eigenvalue weighted by Crippen LogP contribution is -2.59. The summed E-state index contributed by atoms with van der Waals surface area (Å²) in [5, 5.41) is 2.83. The van der Waals surface area contributed by atoms with Crippen LogP contribution in [0.1, 0.15) is 0 Å². The normalized spacial score (nSPS) is 18.8. The Balaban J connectivity index is 1.91. The van der Waals surface area contributed by atoms with Crippen molar-refractivity contribution >= 4 is 34.5 Å². The Kier molecular flexibility index (Phi) is 4.99. The first-order valence-corrected chi connectivity index (χ1v) is 8.40. The van der Waals surface area contributed by atoms with Crippen LogP contribution in [-0.2, 0) is 9.63 Å². The van der Waals surface area contributed by atoms with Crippen molar-refractivity contribution in [1.82, 2.24) is 19.4 Å². The van der Waals surface area contributed by atoms with Crippen LogP contribution in [0.15, 0.2) is 30.5 Å². The molecule has 25 heavy (non-hydrogen) atoms. The molecule has 0 spiro atoms. The van der Waals surface area contributed by atoms with Gasteiger partial charge in [-0.1, -0.05) is 11.6 Å². The first-order chi connectivity index (χ1) is 11.9. The first kappa shape index (κ1) is 17.7. The third kappa shape index (κ3) is 3.63. The maximum absolute atomic E-state index is 13.1. The second-order valence-electron chi connectivity index (χ2n) is 6.37. The van der Waals surface area contributed by atoms with E-state index in [1.54, 1.807) is 41.9 Å². The third-order valence-corrected chi connectivity index (χ3v) is 4.47. The van der Waals surface area contributed by atoms with Crippen LogP contribution in [0.4, 0.5) is 4.79 Å². The maximum atomic E-state index is 13.1. The summed E-state index contributed by atoms with van der Waals surface area (Å²) < 4.78 is 1.55. The summed E-state index contributed by atoms with van der Waals surface area (Å²) in [5.74, 6) is -0.440. The number of hydroxylamine groups is 2. The number of carbonyl (C=O) groups excluding carboxylic acids is 2. The summed E-state index contributed by atoms with van der Waals surface area (Å²) in [6, 6.07) is 6.29. The lowest BCUT2D eigenvalue weighted by Gasteiger charge is -2.38. The highest BCUT2D eigenvalue weighted by Crippen LogP contribution is 2.22. The van der Waals surface area contributed by atoms with Crippen molar-refractivity contribution in [3.05, 3.63) is 35.5 Å². The lowest BCUT2D eigenvalue weighted by molar-refractivity contribution is -0.185. The molecule has 0 bridgehead atoms. The van der Waals surface area contributed by atoms with Crippen LogP contribution in [0.5, 0.6) is 0 Å². The summed E-state index contributed by atoms with van der Waals surface area (Å²) in [4.78, 5) is 34.3. The van der Waals surface area contributed by atoms with Gasteiger partial charge in [-0.2, -0.15) is 0 Å². The molecule has 2 aromatic rings. The molecule has 0 radical (unpaired) electrons. The zero-order valence-electron chi connectivity index (χ0n) is 14.5. The number of hydrogen-bond acceptors (Lipinski definition) is 5. The molecule has 1 aromatic heterocycles. The molecule has 1 aliphatic heterocycles. The van der Waals surface area contributed by atoms with E-state index in [0.29, 0.717) is 24.7 Å². The van der Waals surface area contributed by atoms with Gasteiger partial charge in [0.1, 0.15) is 6.04 Å². The van der Waals surface area contributed by atoms with Crippen molar-refractivity contribution in [2.75, 3.05) is 40.8 Å². The molecule has 1 atom stereocenters. The molecule has 0 N–H and O–H groups in total. The van der Waals surface area contributed by atoms with E-state index < -0.39 is 12.0 Å². The summed E-state index contributed by atoms with van der Waals surface area (Å²) in [5.41, 5.74) is 0.757. The monoisotopic (exact) mass is 364 g/mol. The lowest BCUT2D eigenvalue weighted by atomic mass is 10.2. The van der Waals surface area contributed by atoms with Crippen molar-refractivity contribution in [3.8, 4) is 0 Å². The van der Waals surface area contributed by atoms with Crippen LogP contribution in [0.2, 0.25) is 5.02 Å². The van der Waals surface area contributed by atoms with E-state index in [-0.39, 0.29) is 6.03 Å². The molecule has 3 rings (SSSR count). The van der Waals surface area contributed by atoms with Gasteiger partial charge in [0.05, 0.1) is 5.52 Å². The standard InChI is InChI=1S/C17H21ClN4O3/c1-19(2)25-16(23)15-11-20(3)8-9-22(15)17(24)21-7-6-12-10-13(18)4-5-14(12)21/h4-7,10,15H,8-9,11H2,1-3H3. The molecule has 1 amide bonds. The minimum atomic E-state index is -0.654. The number of rotatable bonds is 2. The molecular weight excluding hydrogens is 344 g/mol. The largest absolute Gasteiger partial charge is 0.367 e. The number of amides is 1. The molecule has 134 valence electrons. The molecular formula is C17H21ClN4O3. The molecule has 1 aliphatic rings. The van der Waals surface area contributed by atoms with Crippen molar-refractivity contribution < 1.29 is 14.4 Å². The van der Waals surface area contributed by atoms with Gasteiger partial charge in [0, 0.05) is 50.3 Å². The van der Waals surface area contributed by atoms with Gasteiger partial charge in [-0.05, 0) is 31.3 Å². The number of fused-ring (bicyclic) bond motifs is 1. The molecule has 8 heteroatoms. The smallest absolute Gasteiger partial charge is 0.349 e. The second kappa shape index (κ2) is 7.03. The molecule has 1 unspecified atom stereocenters. The van der Waals surface area contributed by atoms with E-state index >= 15 is 0 Å².